The summed E-state index contributed by atoms with van der Waals surface area (Å²) in [5.41, 5.74) is 6.24. The minimum Gasteiger partial charge on any atom is -0.492 e. The summed E-state index contributed by atoms with van der Waals surface area (Å²) in [6, 6.07) is 0.161. The number of ether oxygens (including phenoxy) is 1. The molecular weight excluding hydrogens is 369 g/mol. The average Bonchev–Trinajstić information content (AvgIpc) is 3.16. The number of nitrogens with two attached hydrogens (primary N) is 1. The van der Waals surface area contributed by atoms with Crippen molar-refractivity contribution in [3.63, 3.8) is 0 Å². The summed E-state index contributed by atoms with van der Waals surface area (Å²) >= 11 is 0. The number of carboxylic acids is 1. The van der Waals surface area contributed by atoms with Crippen molar-refractivity contribution >= 4 is 17.8 Å². The number of carboxylic acid groups (broad SMARTS) is 1. The highest BCUT2D eigenvalue weighted by Gasteiger charge is 2.48. The molecule has 1 aromatic rings. The van der Waals surface area contributed by atoms with Crippen molar-refractivity contribution in [1.82, 2.24) is 10.2 Å². The van der Waals surface area contributed by atoms with Gasteiger partial charge < -0.3 is 25.8 Å². The Morgan fingerprint density at radius 1 is 1.39 bits per heavy atom. The Morgan fingerprint density at radius 2 is 2.11 bits per heavy atom. The second-order valence-electron chi connectivity index (χ2n) is 7.69. The maximum absolute atomic E-state index is 15.0. The highest BCUT2D eigenvalue weighted by atomic mass is 19.1. The molecule has 1 saturated heterocycles. The van der Waals surface area contributed by atoms with Crippen LogP contribution >= 0.6 is 0 Å². The third kappa shape index (κ3) is 2.81. The van der Waals surface area contributed by atoms with Crippen molar-refractivity contribution in [1.29, 1.82) is 0 Å². The first-order valence-electron chi connectivity index (χ1n) is 9.35. The van der Waals surface area contributed by atoms with Gasteiger partial charge in [0.25, 0.3) is 5.91 Å². The molecule has 1 fully saturated rings. The van der Waals surface area contributed by atoms with E-state index >= 15 is 4.39 Å². The van der Waals surface area contributed by atoms with Crippen molar-refractivity contribution in [3.8, 4) is 5.75 Å². The Labute approximate surface area is 160 Å². The number of halogens is 1. The minimum absolute atomic E-state index is 0.0539. The topological polar surface area (TPSA) is 122 Å². The summed E-state index contributed by atoms with van der Waals surface area (Å²) in [7, 11) is 0. The Balaban J connectivity index is 1.70. The van der Waals surface area contributed by atoms with Gasteiger partial charge in [-0.25, -0.2) is 4.39 Å². The number of nitrogens with zero attached hydrogens (tertiary/aromatic N) is 1. The molecular formula is C19H22FN3O5. The summed E-state index contributed by atoms with van der Waals surface area (Å²) in [5.74, 6) is -2.46. The minimum atomic E-state index is -1.08. The molecule has 0 aliphatic carbocycles. The molecule has 1 unspecified atom stereocenters. The third-order valence-corrected chi connectivity index (χ3v) is 6.08. The number of rotatable bonds is 5. The first-order chi connectivity index (χ1) is 13.3. The number of aliphatic carboxylic acids is 1. The zero-order chi connectivity index (χ0) is 20.1. The molecule has 0 aromatic heterocycles. The number of benzene rings is 1. The Morgan fingerprint density at radius 3 is 2.75 bits per heavy atom. The molecule has 9 heteroatoms. The lowest BCUT2D eigenvalue weighted by Gasteiger charge is -2.32. The molecule has 1 spiro atoms. The van der Waals surface area contributed by atoms with E-state index in [1.807, 2.05) is 0 Å². The van der Waals surface area contributed by atoms with E-state index in [4.69, 9.17) is 15.6 Å². The molecule has 2 amide bonds. The first kappa shape index (κ1) is 18.7. The van der Waals surface area contributed by atoms with E-state index in [9.17, 15) is 14.4 Å². The van der Waals surface area contributed by atoms with E-state index in [0.29, 0.717) is 23.5 Å². The molecule has 3 heterocycles. The molecule has 0 saturated carbocycles. The van der Waals surface area contributed by atoms with E-state index in [-0.39, 0.29) is 24.9 Å². The van der Waals surface area contributed by atoms with Crippen LogP contribution in [0.5, 0.6) is 5.75 Å². The Kier molecular flexibility index (Phi) is 4.49. The molecule has 0 bridgehead atoms. The van der Waals surface area contributed by atoms with Gasteiger partial charge in [-0.15, -0.1) is 0 Å². The molecule has 8 nitrogen and oxygen atoms in total. The van der Waals surface area contributed by atoms with Gasteiger partial charge in [0.2, 0.25) is 5.91 Å². The number of nitrogens with one attached hydrogen (secondary N) is 1. The summed E-state index contributed by atoms with van der Waals surface area (Å²) in [5, 5.41) is 12.2. The summed E-state index contributed by atoms with van der Waals surface area (Å²) in [6.45, 7) is 1.95. The van der Waals surface area contributed by atoms with Crippen LogP contribution in [0.4, 0.5) is 4.39 Å². The number of primary amides is 1. The van der Waals surface area contributed by atoms with E-state index in [1.165, 1.54) is 11.0 Å². The van der Waals surface area contributed by atoms with Crippen LogP contribution < -0.4 is 15.8 Å². The average molecular weight is 391 g/mol. The molecule has 1 atom stereocenters. The zero-order valence-electron chi connectivity index (χ0n) is 15.3. The number of carbonyl (C=O) groups is 3. The largest absolute Gasteiger partial charge is 0.492 e. The van der Waals surface area contributed by atoms with E-state index < -0.39 is 35.1 Å². The van der Waals surface area contributed by atoms with Gasteiger partial charge >= 0.3 is 5.97 Å². The van der Waals surface area contributed by atoms with Crippen LogP contribution in [0.2, 0.25) is 0 Å². The molecule has 4 N–H and O–H groups in total. The van der Waals surface area contributed by atoms with Crippen LogP contribution in [0.25, 0.3) is 0 Å². The number of carbonyl (C=O) groups excluding carboxylic acids is 2. The molecule has 150 valence electrons. The first-order valence-corrected chi connectivity index (χ1v) is 9.35. The summed E-state index contributed by atoms with van der Waals surface area (Å²) in [4.78, 5) is 36.8. The lowest BCUT2D eigenvalue weighted by Crippen LogP contribution is -2.45. The van der Waals surface area contributed by atoms with Crippen molar-refractivity contribution in [2.24, 2.45) is 5.73 Å². The predicted octanol–water partition coefficient (Wildman–Crippen LogP) is 0.514. The predicted molar refractivity (Wildman–Crippen MR) is 95.4 cm³/mol. The van der Waals surface area contributed by atoms with Gasteiger partial charge in [0.1, 0.15) is 17.6 Å². The SMILES string of the molecule is NC(=O)C(CCC(=O)O)N1Cc2c(cc(F)c3c2OCC32CCNCC2)C1=O. The van der Waals surface area contributed by atoms with Crippen molar-refractivity contribution in [2.75, 3.05) is 19.7 Å². The fourth-order valence-electron chi connectivity index (χ4n) is 4.61. The second-order valence-corrected chi connectivity index (χ2v) is 7.69. The summed E-state index contributed by atoms with van der Waals surface area (Å²) < 4.78 is 20.9. The van der Waals surface area contributed by atoms with E-state index in [1.54, 1.807) is 0 Å². The van der Waals surface area contributed by atoms with Crippen LogP contribution in [-0.2, 0) is 21.5 Å². The molecule has 3 aliphatic heterocycles. The van der Waals surface area contributed by atoms with Crippen LogP contribution in [-0.4, -0.2) is 53.5 Å². The lowest BCUT2D eigenvalue weighted by molar-refractivity contribution is -0.137. The Hall–Kier alpha value is -2.68. The van der Waals surface area contributed by atoms with E-state index in [2.05, 4.69) is 5.32 Å². The number of piperidine rings is 1. The van der Waals surface area contributed by atoms with Crippen molar-refractivity contribution in [2.45, 2.75) is 43.7 Å². The number of fused-ring (bicyclic) bond motifs is 4. The van der Waals surface area contributed by atoms with Gasteiger partial charge in [-0.05, 0) is 38.4 Å². The molecule has 3 aliphatic rings. The summed E-state index contributed by atoms with van der Waals surface area (Å²) in [6.07, 6.45) is 1.10. The van der Waals surface area contributed by atoms with Crippen LogP contribution in [0, 0.1) is 5.82 Å². The van der Waals surface area contributed by atoms with Crippen LogP contribution in [0.15, 0.2) is 6.07 Å². The monoisotopic (exact) mass is 391 g/mol. The molecule has 0 radical (unpaired) electrons. The van der Waals surface area contributed by atoms with Gasteiger partial charge in [0, 0.05) is 23.0 Å². The fourth-order valence-corrected chi connectivity index (χ4v) is 4.61. The molecule has 1 aromatic carbocycles. The lowest BCUT2D eigenvalue weighted by atomic mass is 9.74. The molecule has 28 heavy (non-hydrogen) atoms. The number of hydrogen-bond acceptors (Lipinski definition) is 5. The maximum Gasteiger partial charge on any atom is 0.303 e. The standard InChI is InChI=1S/C19H22FN3O5/c20-12-7-10-11(16-15(12)19(9-28-16)3-5-22-6-4-19)8-23(18(10)27)13(17(21)26)1-2-14(24)25/h7,13,22H,1-6,8-9H2,(H2,21,26)(H,24,25). The van der Waals surface area contributed by atoms with Gasteiger partial charge in [0.05, 0.1) is 18.7 Å². The van der Waals surface area contributed by atoms with Gasteiger partial charge in [0.15, 0.2) is 0 Å². The highest BCUT2D eigenvalue weighted by Crippen LogP contribution is 2.50. The maximum atomic E-state index is 15.0. The van der Waals surface area contributed by atoms with Crippen LogP contribution in [0.3, 0.4) is 0 Å². The van der Waals surface area contributed by atoms with Crippen molar-refractivity contribution in [3.05, 3.63) is 28.6 Å². The highest BCUT2D eigenvalue weighted by molar-refractivity contribution is 6.02. The van der Waals surface area contributed by atoms with Gasteiger partial charge in [-0.2, -0.15) is 0 Å². The number of hydrogen-bond donors (Lipinski definition) is 3. The van der Waals surface area contributed by atoms with E-state index in [0.717, 1.165) is 25.9 Å². The van der Waals surface area contributed by atoms with Crippen molar-refractivity contribution < 1.29 is 28.6 Å². The smallest absolute Gasteiger partial charge is 0.303 e. The van der Waals surface area contributed by atoms with Gasteiger partial charge in [-0.1, -0.05) is 0 Å². The van der Waals surface area contributed by atoms with Gasteiger partial charge in [-0.3, -0.25) is 14.4 Å². The van der Waals surface area contributed by atoms with Crippen LogP contribution in [0.1, 0.15) is 47.2 Å². The molecule has 4 rings (SSSR count). The normalized spacial score (nSPS) is 20.6. The second kappa shape index (κ2) is 6.73. The third-order valence-electron chi connectivity index (χ3n) is 6.08. The Bertz CT molecular complexity index is 866. The zero-order valence-corrected chi connectivity index (χ0v) is 15.3. The fraction of sp³-hybridized carbons (Fsp3) is 0.526. The number of amides is 2. The quantitative estimate of drug-likeness (QED) is 0.673.